The summed E-state index contributed by atoms with van der Waals surface area (Å²) >= 11 is 0. The van der Waals surface area contributed by atoms with Crippen LogP contribution in [0.1, 0.15) is 27.7 Å². The second-order valence-corrected chi connectivity index (χ2v) is 5.79. The van der Waals surface area contributed by atoms with Gasteiger partial charge in [0.25, 0.3) is 5.91 Å². The topological polar surface area (TPSA) is 75.2 Å². The van der Waals surface area contributed by atoms with E-state index in [4.69, 9.17) is 0 Å². The quantitative estimate of drug-likeness (QED) is 0.810. The van der Waals surface area contributed by atoms with Crippen molar-refractivity contribution in [3.05, 3.63) is 18.7 Å². The number of piperazine rings is 1. The van der Waals surface area contributed by atoms with Crippen LogP contribution in [0.2, 0.25) is 0 Å². The molecule has 2 heterocycles. The van der Waals surface area contributed by atoms with E-state index in [1.165, 1.54) is 11.2 Å². The average molecular weight is 262 g/mol. The highest BCUT2D eigenvalue weighted by atomic mass is 16.2. The van der Waals surface area contributed by atoms with Gasteiger partial charge >= 0.3 is 0 Å². The summed E-state index contributed by atoms with van der Waals surface area (Å²) < 4.78 is 0. The van der Waals surface area contributed by atoms with Crippen LogP contribution in [0.15, 0.2) is 18.7 Å². The minimum atomic E-state index is -0.558. The number of hydrogen-bond donors (Lipinski definition) is 1. The van der Waals surface area contributed by atoms with Crippen molar-refractivity contribution in [2.24, 2.45) is 5.41 Å². The lowest BCUT2D eigenvalue weighted by molar-refractivity contribution is -0.136. The van der Waals surface area contributed by atoms with Gasteiger partial charge in [-0.2, -0.15) is 0 Å². The minimum Gasteiger partial charge on any atom is -0.342 e. The molecule has 1 aromatic heterocycles. The summed E-state index contributed by atoms with van der Waals surface area (Å²) in [6.07, 6.45) is 4.48. The Hall–Kier alpha value is -1.98. The molecule has 6 heteroatoms. The number of nitrogens with zero attached hydrogens (tertiary/aromatic N) is 3. The molecule has 2 amide bonds. The van der Waals surface area contributed by atoms with Crippen molar-refractivity contribution in [3.63, 3.8) is 0 Å². The van der Waals surface area contributed by atoms with E-state index in [-0.39, 0.29) is 17.2 Å². The molecule has 2 unspecified atom stereocenters. The molecule has 1 N–H and O–H groups in total. The van der Waals surface area contributed by atoms with E-state index in [2.05, 4.69) is 15.3 Å². The molecule has 1 saturated heterocycles. The van der Waals surface area contributed by atoms with Crippen LogP contribution in [0.3, 0.4) is 0 Å². The van der Waals surface area contributed by atoms with E-state index >= 15 is 0 Å². The first-order valence-corrected chi connectivity index (χ1v) is 6.21. The summed E-state index contributed by atoms with van der Waals surface area (Å²) in [7, 11) is 0. The van der Waals surface area contributed by atoms with Crippen LogP contribution >= 0.6 is 0 Å². The maximum Gasteiger partial charge on any atom is 0.250 e. The first-order valence-electron chi connectivity index (χ1n) is 6.21. The van der Waals surface area contributed by atoms with Crippen molar-refractivity contribution >= 4 is 17.5 Å². The van der Waals surface area contributed by atoms with Gasteiger partial charge in [0.05, 0.1) is 18.1 Å². The fourth-order valence-corrected chi connectivity index (χ4v) is 2.13. The highest BCUT2D eigenvalue weighted by Gasteiger charge is 2.44. The lowest BCUT2D eigenvalue weighted by Gasteiger charge is -2.41. The van der Waals surface area contributed by atoms with E-state index in [0.29, 0.717) is 5.69 Å². The van der Waals surface area contributed by atoms with Crippen LogP contribution in [0, 0.1) is 5.41 Å². The Morgan fingerprint density at radius 1 is 1.21 bits per heavy atom. The van der Waals surface area contributed by atoms with E-state index in [0.717, 1.165) is 0 Å². The predicted octanol–water partition coefficient (Wildman–Crippen LogP) is 0.743. The Morgan fingerprint density at radius 2 is 1.79 bits per heavy atom. The van der Waals surface area contributed by atoms with Crippen molar-refractivity contribution in [3.8, 4) is 0 Å². The highest BCUT2D eigenvalue weighted by molar-refractivity contribution is 6.08. The van der Waals surface area contributed by atoms with E-state index in [1.807, 2.05) is 20.8 Å². The first-order chi connectivity index (χ1) is 8.82. The molecule has 0 saturated carbocycles. The zero-order valence-corrected chi connectivity index (χ0v) is 11.5. The molecule has 0 spiro atoms. The van der Waals surface area contributed by atoms with Gasteiger partial charge in [-0.1, -0.05) is 20.8 Å². The van der Waals surface area contributed by atoms with Crippen LogP contribution in [-0.2, 0) is 9.59 Å². The normalized spacial score (nSPS) is 24.3. The molecule has 1 aliphatic rings. The van der Waals surface area contributed by atoms with Crippen LogP contribution in [0.4, 0.5) is 5.69 Å². The van der Waals surface area contributed by atoms with Crippen LogP contribution in [0.25, 0.3) is 0 Å². The number of nitrogens with one attached hydrogen (secondary N) is 1. The average Bonchev–Trinajstić information content (AvgIpc) is 2.34. The first kappa shape index (κ1) is 13.5. The van der Waals surface area contributed by atoms with Gasteiger partial charge in [0.15, 0.2) is 0 Å². The number of anilines is 1. The van der Waals surface area contributed by atoms with Gasteiger partial charge in [0.1, 0.15) is 18.4 Å². The van der Waals surface area contributed by atoms with Crippen molar-refractivity contribution in [1.82, 2.24) is 15.3 Å². The molecule has 0 radical (unpaired) electrons. The summed E-state index contributed by atoms with van der Waals surface area (Å²) in [6.45, 7) is 7.46. The van der Waals surface area contributed by atoms with Crippen LogP contribution < -0.4 is 10.2 Å². The van der Waals surface area contributed by atoms with Crippen molar-refractivity contribution in [1.29, 1.82) is 0 Å². The fraction of sp³-hybridized carbons (Fsp3) is 0.538. The molecule has 19 heavy (non-hydrogen) atoms. The van der Waals surface area contributed by atoms with Gasteiger partial charge in [-0.15, -0.1) is 0 Å². The summed E-state index contributed by atoms with van der Waals surface area (Å²) in [5.74, 6) is -0.294. The second-order valence-electron chi connectivity index (χ2n) is 5.79. The van der Waals surface area contributed by atoms with Gasteiger partial charge in [-0.25, -0.2) is 9.97 Å². The number of rotatable bonds is 1. The van der Waals surface area contributed by atoms with Gasteiger partial charge < -0.3 is 5.32 Å². The van der Waals surface area contributed by atoms with Gasteiger partial charge in [0, 0.05) is 0 Å². The molecule has 1 aromatic rings. The maximum absolute atomic E-state index is 12.6. The fourth-order valence-electron chi connectivity index (χ4n) is 2.13. The Labute approximate surface area is 112 Å². The lowest BCUT2D eigenvalue weighted by Crippen LogP contribution is -2.66. The highest BCUT2D eigenvalue weighted by Crippen LogP contribution is 2.27. The monoisotopic (exact) mass is 262 g/mol. The number of carbonyl (C=O) groups is 2. The van der Waals surface area contributed by atoms with Crippen molar-refractivity contribution < 1.29 is 9.59 Å². The third kappa shape index (κ3) is 2.43. The Kier molecular flexibility index (Phi) is 3.26. The smallest absolute Gasteiger partial charge is 0.250 e. The van der Waals surface area contributed by atoms with Gasteiger partial charge in [-0.05, 0) is 12.3 Å². The van der Waals surface area contributed by atoms with Gasteiger partial charge in [-0.3, -0.25) is 14.5 Å². The third-order valence-corrected chi connectivity index (χ3v) is 3.23. The third-order valence-electron chi connectivity index (χ3n) is 3.23. The molecular weight excluding hydrogens is 244 g/mol. The van der Waals surface area contributed by atoms with Crippen LogP contribution in [-0.4, -0.2) is 33.9 Å². The molecule has 1 aliphatic heterocycles. The zero-order chi connectivity index (χ0) is 14.2. The molecule has 0 aromatic carbocycles. The molecule has 2 rings (SSSR count). The Bertz CT molecular complexity index is 495. The zero-order valence-electron chi connectivity index (χ0n) is 11.5. The number of hydrogen-bond acceptors (Lipinski definition) is 4. The summed E-state index contributed by atoms with van der Waals surface area (Å²) in [6, 6.07) is -1.10. The predicted molar refractivity (Wildman–Crippen MR) is 70.4 cm³/mol. The number of amides is 2. The SMILES string of the molecule is CC1C(=O)NC(C(C)(C)C)C(=O)N1c1cncnc1. The summed E-state index contributed by atoms with van der Waals surface area (Å²) in [4.78, 5) is 33.9. The van der Waals surface area contributed by atoms with E-state index in [1.54, 1.807) is 19.3 Å². The minimum absolute atomic E-state index is 0.130. The standard InChI is InChI=1S/C13H18N4O2/c1-8-11(18)16-10(13(2,3)4)12(19)17(8)9-5-14-7-15-6-9/h5-8,10H,1-4H3,(H,16,18). The van der Waals surface area contributed by atoms with E-state index < -0.39 is 12.1 Å². The molecule has 0 aliphatic carbocycles. The van der Waals surface area contributed by atoms with Crippen molar-refractivity contribution in [2.45, 2.75) is 39.8 Å². The molecule has 6 nitrogen and oxygen atoms in total. The molecule has 102 valence electrons. The van der Waals surface area contributed by atoms with E-state index in [9.17, 15) is 9.59 Å². The Morgan fingerprint density at radius 3 is 2.32 bits per heavy atom. The molecule has 1 fully saturated rings. The van der Waals surface area contributed by atoms with Gasteiger partial charge in [0.2, 0.25) is 5.91 Å². The number of carbonyl (C=O) groups excluding carboxylic acids is 2. The molecular formula is C13H18N4O2. The second kappa shape index (κ2) is 4.60. The van der Waals surface area contributed by atoms with Crippen LogP contribution in [0.5, 0.6) is 0 Å². The Balaban J connectivity index is 2.41. The maximum atomic E-state index is 12.6. The van der Waals surface area contributed by atoms with Crippen molar-refractivity contribution in [2.75, 3.05) is 4.90 Å². The lowest BCUT2D eigenvalue weighted by atomic mass is 9.84. The largest absolute Gasteiger partial charge is 0.342 e. The summed E-state index contributed by atoms with van der Waals surface area (Å²) in [5.41, 5.74) is 0.199. The molecule has 2 atom stereocenters. The molecule has 0 bridgehead atoms. The number of aromatic nitrogens is 2. The summed E-state index contributed by atoms with van der Waals surface area (Å²) in [5, 5.41) is 2.78.